The quantitative estimate of drug-likeness (QED) is 0.203. The van der Waals surface area contributed by atoms with Crippen LogP contribution in [0.15, 0.2) is 60.2 Å². The molecule has 0 aliphatic carbocycles. The van der Waals surface area contributed by atoms with Crippen molar-refractivity contribution in [1.82, 2.24) is 9.97 Å². The van der Waals surface area contributed by atoms with Crippen molar-refractivity contribution in [3.63, 3.8) is 0 Å². The Morgan fingerprint density at radius 3 is 2.28 bits per heavy atom. The standard InChI is InChI=1S/C29H27N3O7/c1-15-7-6-8-16(11-15)25-24(26(33)18-12-17(36-2)9-10-21(18)37-3)27(34)28(35)32(25)29-30-19-13-22(38-4)23(39-5)14-20(19)31-29/h6-14,25,33H,1-5H3,(H,30,31)/b26-24+. The Labute approximate surface area is 224 Å². The van der Waals surface area contributed by atoms with Gasteiger partial charge in [-0.3, -0.25) is 14.5 Å². The number of ketones is 1. The molecule has 0 saturated carbocycles. The lowest BCUT2D eigenvalue weighted by molar-refractivity contribution is -0.132. The summed E-state index contributed by atoms with van der Waals surface area (Å²) >= 11 is 0. The molecule has 1 amide bonds. The van der Waals surface area contributed by atoms with E-state index in [0.717, 1.165) is 5.56 Å². The molecule has 200 valence electrons. The summed E-state index contributed by atoms with van der Waals surface area (Å²) in [6, 6.07) is 14.6. The van der Waals surface area contributed by atoms with Crippen LogP contribution in [0.25, 0.3) is 16.8 Å². The maximum Gasteiger partial charge on any atom is 0.302 e. The number of carbonyl (C=O) groups is 2. The minimum Gasteiger partial charge on any atom is -0.507 e. The van der Waals surface area contributed by atoms with Crippen LogP contribution in [0.5, 0.6) is 23.0 Å². The number of carbonyl (C=O) groups excluding carboxylic acids is 2. The molecule has 2 heterocycles. The molecule has 3 aromatic carbocycles. The van der Waals surface area contributed by atoms with E-state index in [9.17, 15) is 14.7 Å². The number of imidazole rings is 1. The number of ether oxygens (including phenoxy) is 4. The van der Waals surface area contributed by atoms with E-state index < -0.39 is 23.5 Å². The van der Waals surface area contributed by atoms with Gasteiger partial charge in [-0.05, 0) is 30.7 Å². The Bertz CT molecular complexity index is 1600. The zero-order valence-corrected chi connectivity index (χ0v) is 22.1. The molecule has 1 aliphatic heterocycles. The van der Waals surface area contributed by atoms with Crippen LogP contribution >= 0.6 is 0 Å². The highest BCUT2D eigenvalue weighted by Crippen LogP contribution is 2.44. The zero-order valence-electron chi connectivity index (χ0n) is 22.1. The fraction of sp³-hybridized carbons (Fsp3) is 0.207. The van der Waals surface area contributed by atoms with Crippen molar-refractivity contribution in [2.45, 2.75) is 13.0 Å². The van der Waals surface area contributed by atoms with Gasteiger partial charge in [0, 0.05) is 12.1 Å². The molecule has 0 spiro atoms. The fourth-order valence-electron chi connectivity index (χ4n) is 4.79. The molecule has 2 N–H and O–H groups in total. The molecule has 0 bridgehead atoms. The summed E-state index contributed by atoms with van der Waals surface area (Å²) < 4.78 is 21.5. The number of benzene rings is 3. The fourth-order valence-corrected chi connectivity index (χ4v) is 4.79. The molecule has 10 nitrogen and oxygen atoms in total. The number of nitrogens with zero attached hydrogens (tertiary/aromatic N) is 2. The summed E-state index contributed by atoms with van der Waals surface area (Å²) in [5.74, 6) is -0.275. The number of hydrogen-bond donors (Lipinski definition) is 2. The van der Waals surface area contributed by atoms with E-state index in [1.165, 1.54) is 33.3 Å². The second-order valence-corrected chi connectivity index (χ2v) is 8.93. The van der Waals surface area contributed by atoms with Gasteiger partial charge < -0.3 is 29.0 Å². The van der Waals surface area contributed by atoms with Crippen molar-refractivity contribution in [3.05, 3.63) is 76.9 Å². The molecular formula is C29H27N3O7. The van der Waals surface area contributed by atoms with Crippen LogP contribution in [0.1, 0.15) is 22.7 Å². The summed E-state index contributed by atoms with van der Waals surface area (Å²) in [7, 11) is 5.97. The third-order valence-corrected chi connectivity index (χ3v) is 6.67. The monoisotopic (exact) mass is 529 g/mol. The number of aliphatic hydroxyl groups is 1. The van der Waals surface area contributed by atoms with Gasteiger partial charge in [0.2, 0.25) is 5.95 Å². The molecule has 1 fully saturated rings. The van der Waals surface area contributed by atoms with Gasteiger partial charge >= 0.3 is 5.91 Å². The van der Waals surface area contributed by atoms with Crippen LogP contribution < -0.4 is 23.8 Å². The summed E-state index contributed by atoms with van der Waals surface area (Å²) in [5, 5.41) is 11.6. The number of rotatable bonds is 7. The molecular weight excluding hydrogens is 502 g/mol. The number of fused-ring (bicyclic) bond motifs is 1. The van der Waals surface area contributed by atoms with Gasteiger partial charge in [-0.15, -0.1) is 0 Å². The molecule has 1 aliphatic rings. The molecule has 39 heavy (non-hydrogen) atoms. The topological polar surface area (TPSA) is 123 Å². The minimum absolute atomic E-state index is 0.104. The Balaban J connectivity index is 1.75. The van der Waals surface area contributed by atoms with Crippen molar-refractivity contribution in [2.75, 3.05) is 33.3 Å². The van der Waals surface area contributed by atoms with Crippen LogP contribution in [0.3, 0.4) is 0 Å². The molecule has 1 atom stereocenters. The summed E-state index contributed by atoms with van der Waals surface area (Å²) in [4.78, 5) is 36.2. The van der Waals surface area contributed by atoms with Crippen molar-refractivity contribution in [1.29, 1.82) is 0 Å². The van der Waals surface area contributed by atoms with Crippen LogP contribution in [0.2, 0.25) is 0 Å². The molecule has 1 unspecified atom stereocenters. The molecule has 1 saturated heterocycles. The number of aliphatic hydroxyl groups excluding tert-OH is 1. The second kappa shape index (κ2) is 10.1. The van der Waals surface area contributed by atoms with Crippen molar-refractivity contribution >= 4 is 34.4 Å². The van der Waals surface area contributed by atoms with Gasteiger partial charge in [0.1, 0.15) is 17.3 Å². The van der Waals surface area contributed by atoms with E-state index in [1.54, 1.807) is 36.4 Å². The lowest BCUT2D eigenvalue weighted by Crippen LogP contribution is -2.30. The highest BCUT2D eigenvalue weighted by Gasteiger charge is 2.48. The maximum atomic E-state index is 13.6. The molecule has 10 heteroatoms. The highest BCUT2D eigenvalue weighted by molar-refractivity contribution is 6.51. The molecule has 0 radical (unpaired) electrons. The average molecular weight is 530 g/mol. The van der Waals surface area contributed by atoms with Gasteiger partial charge in [0.15, 0.2) is 11.5 Å². The number of methoxy groups -OCH3 is 4. The number of aromatic nitrogens is 2. The summed E-state index contributed by atoms with van der Waals surface area (Å²) in [5.41, 5.74) is 2.72. The first-order valence-corrected chi connectivity index (χ1v) is 12.0. The maximum absolute atomic E-state index is 13.6. The predicted molar refractivity (Wildman–Crippen MR) is 145 cm³/mol. The van der Waals surface area contributed by atoms with Gasteiger partial charge in [0.25, 0.3) is 5.78 Å². The van der Waals surface area contributed by atoms with Gasteiger partial charge in [-0.1, -0.05) is 29.8 Å². The lowest BCUT2D eigenvalue weighted by atomic mass is 9.94. The third-order valence-electron chi connectivity index (χ3n) is 6.67. The Kier molecular flexibility index (Phi) is 6.61. The highest BCUT2D eigenvalue weighted by atomic mass is 16.5. The normalized spacial score (nSPS) is 16.5. The zero-order chi connectivity index (χ0) is 27.8. The minimum atomic E-state index is -0.981. The van der Waals surface area contributed by atoms with E-state index >= 15 is 0 Å². The third kappa shape index (κ3) is 4.29. The molecule has 1 aromatic heterocycles. The largest absolute Gasteiger partial charge is 0.507 e. The Hall–Kier alpha value is -4.99. The number of aryl methyl sites for hydroxylation is 1. The average Bonchev–Trinajstić information content (AvgIpc) is 3.48. The van der Waals surface area contributed by atoms with E-state index in [2.05, 4.69) is 9.97 Å². The Morgan fingerprint density at radius 2 is 1.62 bits per heavy atom. The summed E-state index contributed by atoms with van der Waals surface area (Å²) in [6.07, 6.45) is 0. The smallest absolute Gasteiger partial charge is 0.302 e. The first-order chi connectivity index (χ1) is 18.8. The van der Waals surface area contributed by atoms with Gasteiger partial charge in [-0.2, -0.15) is 0 Å². The van der Waals surface area contributed by atoms with Crippen molar-refractivity contribution in [3.8, 4) is 23.0 Å². The van der Waals surface area contributed by atoms with Gasteiger partial charge in [-0.25, -0.2) is 4.98 Å². The molecule has 4 aromatic rings. The van der Waals surface area contributed by atoms with Crippen LogP contribution in [0, 0.1) is 6.92 Å². The van der Waals surface area contributed by atoms with Crippen molar-refractivity contribution in [2.24, 2.45) is 0 Å². The first kappa shape index (κ1) is 25.7. The number of amides is 1. The SMILES string of the molecule is COc1ccc(OC)c(/C(O)=C2\C(=O)C(=O)N(c3nc4cc(OC)c(OC)cc4[nH]3)C2c2cccc(C)c2)c1. The Morgan fingerprint density at radius 1 is 0.897 bits per heavy atom. The number of hydrogen-bond acceptors (Lipinski definition) is 8. The van der Waals surface area contributed by atoms with E-state index in [1.807, 2.05) is 25.1 Å². The van der Waals surface area contributed by atoms with Crippen LogP contribution in [-0.4, -0.2) is 55.2 Å². The lowest BCUT2D eigenvalue weighted by Gasteiger charge is -2.23. The van der Waals surface area contributed by atoms with E-state index in [0.29, 0.717) is 39.6 Å². The van der Waals surface area contributed by atoms with Crippen LogP contribution in [-0.2, 0) is 9.59 Å². The summed E-state index contributed by atoms with van der Waals surface area (Å²) in [6.45, 7) is 1.90. The van der Waals surface area contributed by atoms with Crippen molar-refractivity contribution < 1.29 is 33.6 Å². The van der Waals surface area contributed by atoms with Crippen LogP contribution in [0.4, 0.5) is 5.95 Å². The predicted octanol–water partition coefficient (Wildman–Crippen LogP) is 4.53. The number of Topliss-reactive ketones (excluding diaryl/α,β-unsaturated/α-hetero) is 1. The number of anilines is 1. The van der Waals surface area contributed by atoms with Gasteiger partial charge in [0.05, 0.1) is 56.7 Å². The first-order valence-electron chi connectivity index (χ1n) is 12.0. The van der Waals surface area contributed by atoms with E-state index in [-0.39, 0.29) is 17.1 Å². The van der Waals surface area contributed by atoms with E-state index in [4.69, 9.17) is 18.9 Å². The second-order valence-electron chi connectivity index (χ2n) is 8.93. The number of H-pyrrole nitrogens is 1. The molecule has 5 rings (SSSR count). The number of aromatic amines is 1. The number of nitrogens with one attached hydrogen (secondary N) is 1.